The van der Waals surface area contributed by atoms with Crippen LogP contribution in [-0.2, 0) is 41.9 Å². The number of rotatable bonds is 31. The van der Waals surface area contributed by atoms with Gasteiger partial charge in [0.1, 0.15) is 18.4 Å². The molecule has 0 unspecified atom stereocenters. The Morgan fingerprint density at radius 1 is 0.787 bits per heavy atom. The quantitative estimate of drug-likeness (QED) is 0.0114. The number of hydrogen-bond donors (Lipinski definition) is 8. The highest BCUT2D eigenvalue weighted by atomic mass is 32.2. The zero-order valence-electron chi connectivity index (χ0n) is 54.0. The van der Waals surface area contributed by atoms with Crippen LogP contribution in [-0.4, -0.2) is 114 Å². The maximum Gasteiger partial charge on any atom is 0.326 e. The van der Waals surface area contributed by atoms with Crippen LogP contribution in [0, 0.1) is 5.92 Å². The number of benzene rings is 4. The second kappa shape index (κ2) is 30.6. The van der Waals surface area contributed by atoms with Crippen molar-refractivity contribution in [2.24, 2.45) is 5.92 Å². The van der Waals surface area contributed by atoms with E-state index in [1.54, 1.807) is 12.1 Å². The highest BCUT2D eigenvalue weighted by Crippen LogP contribution is 2.48. The van der Waals surface area contributed by atoms with Gasteiger partial charge in [0.25, 0.3) is 27.5 Å². The van der Waals surface area contributed by atoms with E-state index in [0.717, 1.165) is 73.2 Å². The third-order valence-electron chi connectivity index (χ3n) is 18.0. The molecule has 22 heteroatoms. The number of amides is 2. The molecule has 0 fully saturated rings. The summed E-state index contributed by atoms with van der Waals surface area (Å²) in [5.74, 6) is -5.37. The molecule has 0 saturated carbocycles. The summed E-state index contributed by atoms with van der Waals surface area (Å²) in [5, 5.41) is 28.6. The van der Waals surface area contributed by atoms with E-state index in [9.17, 15) is 52.0 Å². The van der Waals surface area contributed by atoms with E-state index in [4.69, 9.17) is 5.73 Å². The van der Waals surface area contributed by atoms with Gasteiger partial charge in [0.05, 0.1) is 35.5 Å². The minimum atomic E-state index is -4.09. The van der Waals surface area contributed by atoms with Crippen molar-refractivity contribution in [1.82, 2.24) is 30.6 Å². The Hall–Kier alpha value is -9.41. The van der Waals surface area contributed by atoms with Crippen molar-refractivity contribution in [2.45, 2.75) is 148 Å². The lowest BCUT2D eigenvalue weighted by atomic mass is 9.79. The van der Waals surface area contributed by atoms with Crippen molar-refractivity contribution in [1.29, 1.82) is 0 Å². The number of carboxylic acid groups (broad SMARTS) is 2. The van der Waals surface area contributed by atoms with Gasteiger partial charge < -0.3 is 36.8 Å². The van der Waals surface area contributed by atoms with Crippen LogP contribution in [0.25, 0.3) is 16.7 Å². The molecule has 1 aliphatic carbocycles. The van der Waals surface area contributed by atoms with Gasteiger partial charge in [-0.15, -0.1) is 0 Å². The molecule has 0 radical (unpaired) electrons. The number of anilines is 3. The van der Waals surface area contributed by atoms with E-state index >= 15 is 0 Å². The number of nitrogen functional groups attached to an aromatic ring is 1. The number of ketones is 1. The van der Waals surface area contributed by atoms with Gasteiger partial charge in [0.2, 0.25) is 11.6 Å². The van der Waals surface area contributed by atoms with Crippen LogP contribution in [0.15, 0.2) is 149 Å². The average Bonchev–Trinajstić information content (AvgIpc) is 1.56. The fourth-order valence-corrected chi connectivity index (χ4v) is 13.5. The second-order valence-electron chi connectivity index (χ2n) is 25.4. The Balaban J connectivity index is 0.829. The number of aromatic nitrogens is 4. The molecule has 4 aromatic carbocycles. The topological polar surface area (TPSA) is 320 Å². The number of nitrogens with zero attached hydrogens (tertiary/aromatic N) is 5. The normalized spacial score (nSPS) is 16.6. The molecule has 2 amide bonds. The minimum Gasteiger partial charge on any atom is -0.481 e. The third-order valence-corrected chi connectivity index (χ3v) is 18.8. The number of hydrogen-bond acceptors (Lipinski definition) is 14. The summed E-state index contributed by atoms with van der Waals surface area (Å²) in [4.78, 5) is 93.9. The first-order valence-electron chi connectivity index (χ1n) is 32.3. The molecular weight excluding hydrogens is 1210 g/mol. The minimum absolute atomic E-state index is 0.0250. The number of nitrogens with two attached hydrogens (primary N) is 1. The summed E-state index contributed by atoms with van der Waals surface area (Å²) in [7, 11) is -4.09. The van der Waals surface area contributed by atoms with Crippen LogP contribution in [0.4, 0.5) is 23.0 Å². The summed E-state index contributed by atoms with van der Waals surface area (Å²) in [5.41, 5.74) is 17.7. The maximum atomic E-state index is 13.7. The Morgan fingerprint density at radius 2 is 1.50 bits per heavy atom. The van der Waals surface area contributed by atoms with Gasteiger partial charge >= 0.3 is 11.9 Å². The first kappa shape index (κ1) is 68.9. The molecular formula is C72H85N10O11S+. The molecule has 0 saturated heterocycles. The number of aliphatic carboxylic acids is 2. The van der Waals surface area contributed by atoms with E-state index in [0.29, 0.717) is 49.2 Å². The van der Waals surface area contributed by atoms with E-state index in [-0.39, 0.29) is 83.9 Å². The van der Waals surface area contributed by atoms with E-state index in [2.05, 4.69) is 141 Å². The van der Waals surface area contributed by atoms with E-state index in [1.165, 1.54) is 46.4 Å². The number of H-pyrrole nitrogens is 1. The largest absolute Gasteiger partial charge is 0.481 e. The molecule has 6 aromatic rings. The molecule has 4 heterocycles. The smallest absolute Gasteiger partial charge is 0.326 e. The summed E-state index contributed by atoms with van der Waals surface area (Å²) in [6, 6.07) is 29.4. The van der Waals surface area contributed by atoms with Crippen molar-refractivity contribution in [2.75, 3.05) is 41.3 Å². The second-order valence-corrected chi connectivity index (χ2v) is 27.0. The van der Waals surface area contributed by atoms with Crippen molar-refractivity contribution in [3.63, 3.8) is 0 Å². The molecule has 3 aliphatic rings. The Kier molecular flexibility index (Phi) is 22.4. The van der Waals surface area contributed by atoms with E-state index < -0.39 is 51.3 Å². The van der Waals surface area contributed by atoms with Gasteiger partial charge in [0, 0.05) is 83.7 Å². The third kappa shape index (κ3) is 16.9. The number of carboxylic acids is 2. The van der Waals surface area contributed by atoms with Crippen LogP contribution >= 0.6 is 0 Å². The zero-order chi connectivity index (χ0) is 67.3. The fourth-order valence-electron chi connectivity index (χ4n) is 12.9. The van der Waals surface area contributed by atoms with Crippen molar-refractivity contribution >= 4 is 85.1 Å². The molecule has 0 spiro atoms. The fraction of sp³-hybridized carbons (Fsp3) is 0.389. The van der Waals surface area contributed by atoms with Gasteiger partial charge in [-0.05, 0) is 148 Å². The highest BCUT2D eigenvalue weighted by Gasteiger charge is 2.44. The van der Waals surface area contributed by atoms with Crippen LogP contribution in [0.2, 0.25) is 0 Å². The number of allylic oxidation sites excluding steroid dienone is 8. The summed E-state index contributed by atoms with van der Waals surface area (Å²) >= 11 is 0. The molecule has 494 valence electrons. The van der Waals surface area contributed by atoms with Gasteiger partial charge in [-0.25, -0.2) is 14.8 Å². The molecule has 9 N–H and O–H groups in total. The predicted molar refractivity (Wildman–Crippen MR) is 365 cm³/mol. The molecule has 9 rings (SSSR count). The predicted octanol–water partition coefficient (Wildman–Crippen LogP) is 11.2. The van der Waals surface area contributed by atoms with Gasteiger partial charge in [-0.3, -0.25) is 33.5 Å². The molecule has 94 heavy (non-hydrogen) atoms. The lowest BCUT2D eigenvalue weighted by Gasteiger charge is -2.28. The van der Waals surface area contributed by atoms with E-state index in [1.807, 2.05) is 36.4 Å². The molecule has 2 aliphatic heterocycles. The Labute approximate surface area is 548 Å². The summed E-state index contributed by atoms with van der Waals surface area (Å²) in [6.45, 7) is 13.1. The Morgan fingerprint density at radius 3 is 2.22 bits per heavy atom. The van der Waals surface area contributed by atoms with Crippen LogP contribution in [0.1, 0.15) is 168 Å². The number of carbonyl (C=O) groups excluding carboxylic acids is 3. The van der Waals surface area contributed by atoms with Crippen molar-refractivity contribution < 1.29 is 51.7 Å². The van der Waals surface area contributed by atoms with Gasteiger partial charge in [-0.2, -0.15) is 18.0 Å². The lowest BCUT2D eigenvalue weighted by Crippen LogP contribution is -2.41. The number of aromatic amines is 1. The number of fused-ring (bicyclic) bond motifs is 3. The van der Waals surface area contributed by atoms with Gasteiger partial charge in [-0.1, -0.05) is 94.3 Å². The summed E-state index contributed by atoms with van der Waals surface area (Å²) < 4.78 is 35.3. The van der Waals surface area contributed by atoms with Crippen molar-refractivity contribution in [3.05, 3.63) is 188 Å². The lowest BCUT2D eigenvalue weighted by molar-refractivity contribution is -0.438. The van der Waals surface area contributed by atoms with Crippen LogP contribution < -0.4 is 32.1 Å². The number of para-hydroxylation sites is 2. The first-order valence-corrected chi connectivity index (χ1v) is 34.0. The Bertz CT molecular complexity index is 4170. The molecule has 0 bridgehead atoms. The first-order chi connectivity index (χ1) is 44.9. The monoisotopic (exact) mass is 1300 g/mol. The number of Topliss-reactive ketones (excluding diaryl/α,β-unsaturated/α-hetero) is 1. The average molecular weight is 1300 g/mol. The molecule has 2 aromatic heterocycles. The number of nitrogens with one attached hydrogen (secondary N) is 4. The molecule has 21 nitrogen and oxygen atoms in total. The molecule has 2 atom stereocenters. The zero-order valence-corrected chi connectivity index (χ0v) is 54.9. The number of unbranched alkanes of at least 4 members (excludes halogenated alkanes) is 4. The van der Waals surface area contributed by atoms with Gasteiger partial charge in [0.15, 0.2) is 16.9 Å². The summed E-state index contributed by atoms with van der Waals surface area (Å²) in [6.07, 6.45) is 17.4. The maximum absolute atomic E-state index is 13.7. The SMILES string of the molecule is CCCCC[N+]1=C(/C=C/C2=C(c3ccc(C(=O)NCCCC[C@H](CC(=O)CC[C@H](NC(=O)c4ccc(NCc5cnc6nc(N)[nH]c(=O)c6n5)cc4)C(=O)O)C(=O)O)cc3)C(=C/C=C3/N(CCCCS(=O)(=O)O)c4ccccc4C3(C)C)/CCC2)C(C)(C)c2ccccc21. The van der Waals surface area contributed by atoms with Crippen molar-refractivity contribution in [3.8, 4) is 0 Å². The number of carbonyl (C=O) groups is 5. The standard InChI is InChI=1S/C72H84N10O11S/c1-6-7-14-40-81-58-23-10-8-21-55(58)71(2,3)60(81)37-31-46-19-17-20-47(32-38-61-72(4,5)56-22-9-11-24-59(56)82(61)41-15-16-42-94(91,92)93)62(46)48-25-27-49(28-26-48)65(84)74-39-13-12-18-51(68(87)88)43-54(83)35-36-57(69(89)90)78-66(85)50-29-33-52(34-30-50)75-44-53-45-76-64-63(77-53)67(86)80-70(73)79-64/h8-11,21-34,37-38,45,51,57H,6-7,12-20,35-36,39-44H2,1-5H3,(H8-,73,74,75,76,78,79,80,84,85,86,87,88,89,90,91,92,93)/p+1/t51-,57+/m1/s1. The van der Waals surface area contributed by atoms with Crippen LogP contribution in [0.5, 0.6) is 0 Å². The highest BCUT2D eigenvalue weighted by molar-refractivity contribution is 7.85. The van der Waals surface area contributed by atoms with Crippen LogP contribution in [0.3, 0.4) is 0 Å².